The van der Waals surface area contributed by atoms with E-state index in [-0.39, 0.29) is 0 Å². The summed E-state index contributed by atoms with van der Waals surface area (Å²) < 4.78 is 5.40. The molecule has 1 unspecified atom stereocenters. The third-order valence-electron chi connectivity index (χ3n) is 3.15. The summed E-state index contributed by atoms with van der Waals surface area (Å²) in [5, 5.41) is 4.47. The van der Waals surface area contributed by atoms with Gasteiger partial charge in [0, 0.05) is 28.5 Å². The number of hydrogen-bond acceptors (Lipinski definition) is 6. The molecule has 0 spiro atoms. The van der Waals surface area contributed by atoms with Crippen molar-refractivity contribution in [1.82, 2.24) is 10.1 Å². The molecule has 2 N–H and O–H groups in total. The first-order valence-electron chi connectivity index (χ1n) is 6.14. The molecule has 1 aromatic heterocycles. The van der Waals surface area contributed by atoms with Crippen LogP contribution in [-0.4, -0.2) is 27.4 Å². The van der Waals surface area contributed by atoms with Gasteiger partial charge in [0.05, 0.1) is 5.25 Å². The van der Waals surface area contributed by atoms with Gasteiger partial charge in [-0.15, -0.1) is 11.8 Å². The van der Waals surface area contributed by atoms with Crippen LogP contribution in [0, 0.1) is 6.92 Å². The quantitative estimate of drug-likeness (QED) is 0.858. The molecule has 4 nitrogen and oxygen atoms in total. The first-order valence-corrected chi connectivity index (χ1v) is 8.34. The standard InChI is InChI=1S/C13H15N3OS2/c1-8-9(3-2-4-10(8)14)13-15-12(16-17-13)11-7-18-5-6-19-11/h2-4,11H,5-7,14H2,1H3. The number of thioether (sulfide) groups is 2. The molecule has 2 aromatic rings. The van der Waals surface area contributed by atoms with Crippen molar-refractivity contribution in [2.75, 3.05) is 23.0 Å². The van der Waals surface area contributed by atoms with E-state index in [2.05, 4.69) is 10.1 Å². The molecule has 0 amide bonds. The van der Waals surface area contributed by atoms with Gasteiger partial charge in [-0.05, 0) is 24.6 Å². The van der Waals surface area contributed by atoms with E-state index in [1.165, 1.54) is 5.75 Å². The number of nitrogen functional groups attached to an aromatic ring is 1. The van der Waals surface area contributed by atoms with Crippen LogP contribution in [0.2, 0.25) is 0 Å². The molecule has 1 saturated heterocycles. The van der Waals surface area contributed by atoms with Crippen LogP contribution in [-0.2, 0) is 0 Å². The van der Waals surface area contributed by atoms with Gasteiger partial charge < -0.3 is 10.3 Å². The molecule has 1 aliphatic rings. The summed E-state index contributed by atoms with van der Waals surface area (Å²) in [4.78, 5) is 4.54. The van der Waals surface area contributed by atoms with Crippen molar-refractivity contribution in [2.24, 2.45) is 0 Å². The van der Waals surface area contributed by atoms with Crippen molar-refractivity contribution in [2.45, 2.75) is 12.2 Å². The van der Waals surface area contributed by atoms with Crippen molar-refractivity contribution in [3.63, 3.8) is 0 Å². The minimum atomic E-state index is 0.345. The molecule has 0 aliphatic carbocycles. The average Bonchev–Trinajstić information content (AvgIpc) is 2.92. The van der Waals surface area contributed by atoms with Crippen molar-refractivity contribution in [3.05, 3.63) is 29.6 Å². The van der Waals surface area contributed by atoms with Crippen molar-refractivity contribution in [1.29, 1.82) is 0 Å². The molecule has 19 heavy (non-hydrogen) atoms. The molecule has 100 valence electrons. The van der Waals surface area contributed by atoms with E-state index < -0.39 is 0 Å². The third kappa shape index (κ3) is 2.60. The smallest absolute Gasteiger partial charge is 0.258 e. The van der Waals surface area contributed by atoms with Crippen molar-refractivity contribution < 1.29 is 4.52 Å². The van der Waals surface area contributed by atoms with Crippen LogP contribution in [0.4, 0.5) is 5.69 Å². The monoisotopic (exact) mass is 293 g/mol. The summed E-state index contributed by atoms with van der Waals surface area (Å²) in [7, 11) is 0. The number of rotatable bonds is 2. The van der Waals surface area contributed by atoms with Crippen LogP contribution in [0.3, 0.4) is 0 Å². The van der Waals surface area contributed by atoms with E-state index in [0.717, 1.165) is 34.1 Å². The molecule has 0 saturated carbocycles. The summed E-state index contributed by atoms with van der Waals surface area (Å²) >= 11 is 3.85. The summed E-state index contributed by atoms with van der Waals surface area (Å²) in [5.74, 6) is 4.78. The fraction of sp³-hybridized carbons (Fsp3) is 0.385. The van der Waals surface area contributed by atoms with Crippen LogP contribution >= 0.6 is 23.5 Å². The third-order valence-corrected chi connectivity index (χ3v) is 5.90. The van der Waals surface area contributed by atoms with Crippen LogP contribution in [0.25, 0.3) is 11.5 Å². The van der Waals surface area contributed by atoms with Crippen molar-refractivity contribution in [3.8, 4) is 11.5 Å². The average molecular weight is 293 g/mol. The highest BCUT2D eigenvalue weighted by Gasteiger charge is 2.22. The second-order valence-electron chi connectivity index (χ2n) is 4.41. The lowest BCUT2D eigenvalue weighted by molar-refractivity contribution is 0.423. The van der Waals surface area contributed by atoms with Crippen LogP contribution in [0.1, 0.15) is 16.6 Å². The van der Waals surface area contributed by atoms with E-state index in [4.69, 9.17) is 10.3 Å². The Balaban J connectivity index is 1.90. The Bertz CT molecular complexity index is 579. The topological polar surface area (TPSA) is 64.9 Å². The molecule has 1 fully saturated rings. The Kier molecular flexibility index (Phi) is 3.70. The first kappa shape index (κ1) is 12.9. The van der Waals surface area contributed by atoms with E-state index >= 15 is 0 Å². The SMILES string of the molecule is Cc1c(N)cccc1-c1nc(C2CSCCS2)no1. The van der Waals surface area contributed by atoms with Crippen LogP contribution in [0.5, 0.6) is 0 Å². The summed E-state index contributed by atoms with van der Waals surface area (Å²) in [6, 6.07) is 5.75. The normalized spacial score (nSPS) is 19.5. The zero-order valence-corrected chi connectivity index (χ0v) is 12.3. The molecule has 0 bridgehead atoms. The molecule has 1 aromatic carbocycles. The van der Waals surface area contributed by atoms with E-state index in [0.29, 0.717) is 11.1 Å². The molecule has 1 atom stereocenters. The Hall–Kier alpha value is -1.14. The summed E-state index contributed by atoms with van der Waals surface area (Å²) in [6.45, 7) is 1.97. The Morgan fingerprint density at radius 1 is 1.37 bits per heavy atom. The fourth-order valence-corrected chi connectivity index (χ4v) is 4.59. The van der Waals surface area contributed by atoms with Crippen molar-refractivity contribution >= 4 is 29.2 Å². The highest BCUT2D eigenvalue weighted by molar-refractivity contribution is 8.06. The van der Waals surface area contributed by atoms with Gasteiger partial charge in [-0.2, -0.15) is 16.7 Å². The lowest BCUT2D eigenvalue weighted by atomic mass is 10.1. The van der Waals surface area contributed by atoms with Crippen LogP contribution < -0.4 is 5.73 Å². The maximum atomic E-state index is 5.91. The fourth-order valence-electron chi connectivity index (χ4n) is 2.00. The molecule has 0 radical (unpaired) electrons. The summed E-state index contributed by atoms with van der Waals surface area (Å²) in [5.41, 5.74) is 8.57. The van der Waals surface area contributed by atoms with Gasteiger partial charge in [0.1, 0.15) is 0 Å². The molecular weight excluding hydrogens is 278 g/mol. The number of nitrogens with two attached hydrogens (primary N) is 1. The summed E-state index contributed by atoms with van der Waals surface area (Å²) in [6.07, 6.45) is 0. The number of aromatic nitrogens is 2. The molecule has 2 heterocycles. The molecule has 1 aliphatic heterocycles. The number of benzene rings is 1. The largest absolute Gasteiger partial charge is 0.398 e. The van der Waals surface area contributed by atoms with E-state index in [1.807, 2.05) is 48.6 Å². The van der Waals surface area contributed by atoms with Gasteiger partial charge in [-0.3, -0.25) is 0 Å². The minimum Gasteiger partial charge on any atom is -0.398 e. The van der Waals surface area contributed by atoms with Gasteiger partial charge >= 0.3 is 0 Å². The van der Waals surface area contributed by atoms with Gasteiger partial charge in [-0.1, -0.05) is 11.2 Å². The zero-order chi connectivity index (χ0) is 13.2. The number of nitrogens with zero attached hydrogens (tertiary/aromatic N) is 2. The maximum absolute atomic E-state index is 5.91. The highest BCUT2D eigenvalue weighted by Crippen LogP contribution is 2.36. The van der Waals surface area contributed by atoms with Gasteiger partial charge in [0.15, 0.2) is 5.82 Å². The molecule has 3 rings (SSSR count). The Morgan fingerprint density at radius 2 is 2.26 bits per heavy atom. The van der Waals surface area contributed by atoms with Gasteiger partial charge in [-0.25, -0.2) is 0 Å². The molecular formula is C13H15N3OS2. The Labute approximate surface area is 120 Å². The number of hydrogen-bond donors (Lipinski definition) is 1. The first-order chi connectivity index (χ1) is 9.25. The van der Waals surface area contributed by atoms with Gasteiger partial charge in [0.2, 0.25) is 0 Å². The maximum Gasteiger partial charge on any atom is 0.258 e. The Morgan fingerprint density at radius 3 is 3.05 bits per heavy atom. The lowest BCUT2D eigenvalue weighted by Crippen LogP contribution is -2.07. The highest BCUT2D eigenvalue weighted by atomic mass is 32.2. The van der Waals surface area contributed by atoms with E-state index in [9.17, 15) is 0 Å². The van der Waals surface area contributed by atoms with Crippen LogP contribution in [0.15, 0.2) is 22.7 Å². The lowest BCUT2D eigenvalue weighted by Gasteiger charge is -2.16. The predicted octanol–water partition coefficient (Wildman–Crippen LogP) is 3.15. The van der Waals surface area contributed by atoms with Gasteiger partial charge in [0.25, 0.3) is 5.89 Å². The van der Waals surface area contributed by atoms with E-state index in [1.54, 1.807) is 0 Å². The number of anilines is 1. The zero-order valence-electron chi connectivity index (χ0n) is 10.6. The molecule has 6 heteroatoms. The predicted molar refractivity (Wildman–Crippen MR) is 81.4 cm³/mol. The minimum absolute atomic E-state index is 0.345. The second-order valence-corrected chi connectivity index (χ2v) is 6.87. The second kappa shape index (κ2) is 5.46.